The number of benzene rings is 2. The molecule has 0 atom stereocenters. The van der Waals surface area contributed by atoms with Gasteiger partial charge in [-0.05, 0) is 43.7 Å². The normalized spacial score (nSPS) is 19.5. The second-order valence-electron chi connectivity index (χ2n) is 7.59. The van der Waals surface area contributed by atoms with Gasteiger partial charge in [-0.25, -0.2) is 0 Å². The van der Waals surface area contributed by atoms with Crippen molar-refractivity contribution in [2.75, 3.05) is 45.2 Å². The number of hydrogen-bond acceptors (Lipinski definition) is 2. The van der Waals surface area contributed by atoms with E-state index in [1.165, 1.54) is 16.0 Å². The molecule has 1 amide bonds. The van der Waals surface area contributed by atoms with Crippen LogP contribution in [-0.4, -0.2) is 45.7 Å². The van der Waals surface area contributed by atoms with Crippen LogP contribution in [0.2, 0.25) is 0 Å². The Hall–Kier alpha value is -2.37. The zero-order valence-electron chi connectivity index (χ0n) is 16.6. The molecule has 1 fully saturated rings. The Kier molecular flexibility index (Phi) is 6.48. The molecule has 27 heavy (non-hydrogen) atoms. The van der Waals surface area contributed by atoms with Crippen molar-refractivity contribution < 1.29 is 19.3 Å². The summed E-state index contributed by atoms with van der Waals surface area (Å²) in [6.07, 6.45) is 0. The van der Waals surface area contributed by atoms with Crippen molar-refractivity contribution in [1.29, 1.82) is 0 Å². The Morgan fingerprint density at radius 2 is 1.70 bits per heavy atom. The minimum absolute atomic E-state index is 0.0967. The third kappa shape index (κ3) is 5.55. The smallest absolute Gasteiger partial charge is 0.279 e. The number of quaternary nitrogens is 2. The van der Waals surface area contributed by atoms with Gasteiger partial charge >= 0.3 is 0 Å². The lowest BCUT2D eigenvalue weighted by Gasteiger charge is -2.29. The van der Waals surface area contributed by atoms with E-state index in [1.54, 1.807) is 12.0 Å². The molecule has 1 aliphatic rings. The Labute approximate surface area is 161 Å². The van der Waals surface area contributed by atoms with Crippen LogP contribution in [0.15, 0.2) is 42.5 Å². The molecule has 1 heterocycles. The van der Waals surface area contributed by atoms with Gasteiger partial charge in [-0.1, -0.05) is 23.8 Å². The van der Waals surface area contributed by atoms with Crippen LogP contribution < -0.4 is 19.9 Å². The Morgan fingerprint density at radius 3 is 2.41 bits per heavy atom. The highest BCUT2D eigenvalue weighted by Crippen LogP contribution is 2.18. The third-order valence-electron chi connectivity index (χ3n) is 5.25. The number of anilines is 1. The average molecular weight is 370 g/mol. The van der Waals surface area contributed by atoms with E-state index in [2.05, 4.69) is 30.4 Å². The van der Waals surface area contributed by atoms with Gasteiger partial charge < -0.3 is 19.9 Å². The minimum atomic E-state index is 0.0967. The summed E-state index contributed by atoms with van der Waals surface area (Å²) in [5.74, 6) is 1.07. The molecule has 3 rings (SSSR count). The van der Waals surface area contributed by atoms with Crippen LogP contribution in [0.4, 0.5) is 5.69 Å². The van der Waals surface area contributed by atoms with E-state index in [0.29, 0.717) is 6.54 Å². The first-order chi connectivity index (χ1) is 13.0. The largest absolute Gasteiger partial charge is 0.496 e. The van der Waals surface area contributed by atoms with Gasteiger partial charge in [-0.3, -0.25) is 4.79 Å². The van der Waals surface area contributed by atoms with Gasteiger partial charge in [-0.2, -0.15) is 0 Å². The molecule has 5 nitrogen and oxygen atoms in total. The lowest BCUT2D eigenvalue weighted by atomic mass is 10.1. The summed E-state index contributed by atoms with van der Waals surface area (Å²) < 4.78 is 5.51. The molecule has 2 aromatic carbocycles. The van der Waals surface area contributed by atoms with Crippen LogP contribution >= 0.6 is 0 Å². The maximum absolute atomic E-state index is 12.3. The fourth-order valence-corrected chi connectivity index (χ4v) is 3.78. The molecule has 0 unspecified atom stereocenters. The number of aryl methyl sites for hydroxylation is 2. The van der Waals surface area contributed by atoms with Crippen molar-refractivity contribution in [3.05, 3.63) is 59.2 Å². The van der Waals surface area contributed by atoms with Gasteiger partial charge in [0.2, 0.25) is 0 Å². The van der Waals surface area contributed by atoms with Crippen molar-refractivity contribution in [1.82, 2.24) is 0 Å². The lowest BCUT2D eigenvalue weighted by Crippen LogP contribution is -3.28. The number of rotatable bonds is 6. The first kappa shape index (κ1) is 19.4. The number of ether oxygens (including phenoxy) is 1. The maximum atomic E-state index is 12.3. The van der Waals surface area contributed by atoms with Crippen LogP contribution in [0.25, 0.3) is 0 Å². The topological polar surface area (TPSA) is 47.2 Å². The van der Waals surface area contributed by atoms with E-state index in [-0.39, 0.29) is 5.91 Å². The van der Waals surface area contributed by atoms with Crippen molar-refractivity contribution >= 4 is 11.6 Å². The van der Waals surface area contributed by atoms with Crippen LogP contribution in [0.1, 0.15) is 16.7 Å². The summed E-state index contributed by atoms with van der Waals surface area (Å²) >= 11 is 0. The highest BCUT2D eigenvalue weighted by molar-refractivity contribution is 5.91. The highest BCUT2D eigenvalue weighted by atomic mass is 16.5. The summed E-state index contributed by atoms with van der Waals surface area (Å²) in [5, 5.41) is 3.02. The van der Waals surface area contributed by atoms with E-state index < -0.39 is 0 Å². The SMILES string of the molecule is COc1ccc(C)cc1C[NH+]1CC[NH+](CC(=O)Nc2cccc(C)c2)CC1. The maximum Gasteiger partial charge on any atom is 0.279 e. The first-order valence-corrected chi connectivity index (χ1v) is 9.70. The molecule has 0 aromatic heterocycles. The number of nitrogens with one attached hydrogen (secondary N) is 3. The number of piperazine rings is 1. The minimum Gasteiger partial charge on any atom is -0.496 e. The zero-order chi connectivity index (χ0) is 19.2. The standard InChI is InChI=1S/C22H29N3O2/c1-17-5-4-6-20(14-17)23-22(26)16-25-11-9-24(10-12-25)15-19-13-18(2)7-8-21(19)27-3/h4-8,13-14H,9-12,15-16H2,1-3H3,(H,23,26)/p+2. The second-order valence-corrected chi connectivity index (χ2v) is 7.59. The summed E-state index contributed by atoms with van der Waals surface area (Å²) in [6, 6.07) is 14.3. The Balaban J connectivity index is 1.47. The molecule has 2 aromatic rings. The average Bonchev–Trinajstić information content (AvgIpc) is 2.63. The van der Waals surface area contributed by atoms with Crippen molar-refractivity contribution in [2.45, 2.75) is 20.4 Å². The van der Waals surface area contributed by atoms with Gasteiger partial charge in [0, 0.05) is 11.3 Å². The fraction of sp³-hybridized carbons (Fsp3) is 0.409. The predicted molar refractivity (Wildman–Crippen MR) is 108 cm³/mol. The molecule has 0 aliphatic carbocycles. The molecule has 1 aliphatic heterocycles. The van der Waals surface area contributed by atoms with E-state index in [9.17, 15) is 4.79 Å². The highest BCUT2D eigenvalue weighted by Gasteiger charge is 2.25. The number of carbonyl (C=O) groups excluding carboxylic acids is 1. The van der Waals surface area contributed by atoms with E-state index in [0.717, 1.165) is 49.7 Å². The van der Waals surface area contributed by atoms with Crippen LogP contribution in [0.5, 0.6) is 5.75 Å². The lowest BCUT2D eigenvalue weighted by molar-refractivity contribution is -1.02. The molecule has 0 spiro atoms. The number of amides is 1. The molecule has 0 saturated carbocycles. The van der Waals surface area contributed by atoms with E-state index >= 15 is 0 Å². The van der Waals surface area contributed by atoms with Crippen molar-refractivity contribution in [3.63, 3.8) is 0 Å². The molecular weight excluding hydrogens is 338 g/mol. The van der Waals surface area contributed by atoms with E-state index in [4.69, 9.17) is 4.74 Å². The third-order valence-corrected chi connectivity index (χ3v) is 5.25. The summed E-state index contributed by atoms with van der Waals surface area (Å²) in [7, 11) is 1.73. The quantitative estimate of drug-likeness (QED) is 0.683. The summed E-state index contributed by atoms with van der Waals surface area (Å²) in [5.41, 5.74) is 4.58. The van der Waals surface area contributed by atoms with Crippen molar-refractivity contribution in [3.8, 4) is 5.75 Å². The molecular formula is C22H31N3O2+2. The fourth-order valence-electron chi connectivity index (χ4n) is 3.78. The van der Waals surface area contributed by atoms with Gasteiger partial charge in [-0.15, -0.1) is 0 Å². The zero-order valence-corrected chi connectivity index (χ0v) is 16.6. The summed E-state index contributed by atoms with van der Waals surface area (Å²) in [6.45, 7) is 9.85. The van der Waals surface area contributed by atoms with Gasteiger partial charge in [0.05, 0.1) is 7.11 Å². The van der Waals surface area contributed by atoms with Crippen LogP contribution in [0.3, 0.4) is 0 Å². The number of methoxy groups -OCH3 is 1. The molecule has 5 heteroatoms. The van der Waals surface area contributed by atoms with E-state index in [1.807, 2.05) is 31.2 Å². The second kappa shape index (κ2) is 9.02. The van der Waals surface area contributed by atoms with Gasteiger partial charge in [0.1, 0.15) is 38.5 Å². The Bertz CT molecular complexity index is 783. The monoisotopic (exact) mass is 369 g/mol. The molecule has 0 radical (unpaired) electrons. The van der Waals surface area contributed by atoms with Crippen molar-refractivity contribution in [2.24, 2.45) is 0 Å². The predicted octanol–water partition coefficient (Wildman–Crippen LogP) is 0.234. The molecule has 1 saturated heterocycles. The molecule has 0 bridgehead atoms. The first-order valence-electron chi connectivity index (χ1n) is 9.70. The number of hydrogen-bond donors (Lipinski definition) is 3. The number of carbonyl (C=O) groups is 1. The van der Waals surface area contributed by atoms with Gasteiger partial charge in [0.25, 0.3) is 5.91 Å². The van der Waals surface area contributed by atoms with Gasteiger partial charge in [0.15, 0.2) is 6.54 Å². The van der Waals surface area contributed by atoms with Crippen LogP contribution in [0, 0.1) is 13.8 Å². The summed E-state index contributed by atoms with van der Waals surface area (Å²) in [4.78, 5) is 15.2. The Morgan fingerprint density at radius 1 is 1.00 bits per heavy atom. The molecule has 144 valence electrons. The van der Waals surface area contributed by atoms with Crippen LogP contribution in [-0.2, 0) is 11.3 Å². The molecule has 3 N–H and O–H groups in total.